The fourth-order valence-corrected chi connectivity index (χ4v) is 4.13. The number of hydrogen-bond donors (Lipinski definition) is 1. The molecule has 1 aliphatic rings. The highest BCUT2D eigenvalue weighted by atomic mass is 19.4. The van der Waals surface area contributed by atoms with Gasteiger partial charge in [-0.3, -0.25) is 9.69 Å². The summed E-state index contributed by atoms with van der Waals surface area (Å²) >= 11 is 0. The highest BCUT2D eigenvalue weighted by Crippen LogP contribution is 2.35. The van der Waals surface area contributed by atoms with Crippen molar-refractivity contribution in [3.8, 4) is 5.69 Å². The molecule has 1 saturated heterocycles. The van der Waals surface area contributed by atoms with Crippen LogP contribution in [0.1, 0.15) is 45.6 Å². The molecule has 1 aliphatic heterocycles. The molecular weight excluding hydrogens is 474 g/mol. The Kier molecular flexibility index (Phi) is 6.88. The second-order valence-corrected chi connectivity index (χ2v) is 8.30. The van der Waals surface area contributed by atoms with Crippen molar-refractivity contribution in [3.05, 3.63) is 82.7 Å². The average Bonchev–Trinajstić information content (AvgIpc) is 3.48. The maximum Gasteiger partial charge on any atom is 0.434 e. The topological polar surface area (TPSA) is 50.2 Å². The first-order chi connectivity index (χ1) is 16.5. The molecule has 4 rings (SSSR count). The van der Waals surface area contributed by atoms with Crippen molar-refractivity contribution in [2.75, 3.05) is 13.1 Å². The summed E-state index contributed by atoms with van der Waals surface area (Å²) < 4.78 is 81.2. The lowest BCUT2D eigenvalue weighted by molar-refractivity contribution is -0.143. The monoisotopic (exact) mass is 496 g/mol. The number of nitrogens with one attached hydrogen (secondary N) is 1. The van der Waals surface area contributed by atoms with Gasteiger partial charge < -0.3 is 5.32 Å². The molecule has 0 bridgehead atoms. The van der Waals surface area contributed by atoms with Gasteiger partial charge in [0, 0.05) is 13.1 Å². The van der Waals surface area contributed by atoms with Crippen molar-refractivity contribution in [2.45, 2.75) is 38.3 Å². The first-order valence-electron chi connectivity index (χ1n) is 10.9. The van der Waals surface area contributed by atoms with E-state index in [4.69, 9.17) is 0 Å². The highest BCUT2D eigenvalue weighted by Gasteiger charge is 2.41. The van der Waals surface area contributed by atoms with Gasteiger partial charge in [0.1, 0.15) is 0 Å². The molecule has 2 heterocycles. The van der Waals surface area contributed by atoms with E-state index in [2.05, 4.69) is 15.3 Å². The van der Waals surface area contributed by atoms with Gasteiger partial charge in [-0.2, -0.15) is 31.4 Å². The number of aromatic nitrogens is 2. The summed E-state index contributed by atoms with van der Waals surface area (Å²) in [5.41, 5.74) is -2.06. The second kappa shape index (κ2) is 9.73. The minimum Gasteiger partial charge on any atom is -0.348 e. The summed E-state index contributed by atoms with van der Waals surface area (Å²) in [6.07, 6.45) is -6.85. The largest absolute Gasteiger partial charge is 0.434 e. The summed E-state index contributed by atoms with van der Waals surface area (Å²) in [4.78, 5) is 15.0. The molecule has 1 aromatic heterocycles. The maximum absolute atomic E-state index is 13.9. The van der Waals surface area contributed by atoms with Gasteiger partial charge in [-0.05, 0) is 55.3 Å². The predicted molar refractivity (Wildman–Crippen MR) is 116 cm³/mol. The standard InChI is InChI=1S/C24H22F6N4O/c25-23(26,27)18-8-5-9-19(12-18)34-21(24(28,29)30)20(14-32-34)22(35)31-13-16-6-1-2-7-17(16)15-33-10-3-4-11-33/h1-2,5-9,12,14H,3-4,10-11,13,15H2,(H,31,35). The van der Waals surface area contributed by atoms with Crippen LogP contribution in [0, 0.1) is 0 Å². The van der Waals surface area contributed by atoms with Crippen LogP contribution in [0.15, 0.2) is 54.7 Å². The van der Waals surface area contributed by atoms with E-state index in [0.717, 1.165) is 55.3 Å². The van der Waals surface area contributed by atoms with Crippen LogP contribution in [0.5, 0.6) is 0 Å². The Bertz CT molecular complexity index is 1200. The normalized spacial score (nSPS) is 14.9. The zero-order chi connectivity index (χ0) is 25.2. The molecule has 0 saturated carbocycles. The number of carbonyl (C=O) groups excluding carboxylic acids is 1. The molecule has 0 spiro atoms. The second-order valence-electron chi connectivity index (χ2n) is 8.30. The number of rotatable bonds is 6. The number of likely N-dealkylation sites (tertiary alicyclic amines) is 1. The van der Waals surface area contributed by atoms with E-state index in [9.17, 15) is 31.1 Å². The maximum atomic E-state index is 13.9. The summed E-state index contributed by atoms with van der Waals surface area (Å²) in [6, 6.07) is 10.7. The summed E-state index contributed by atoms with van der Waals surface area (Å²) in [5.74, 6) is -1.02. The van der Waals surface area contributed by atoms with E-state index in [1.807, 2.05) is 12.1 Å². The van der Waals surface area contributed by atoms with Crippen LogP contribution >= 0.6 is 0 Å². The van der Waals surface area contributed by atoms with Crippen LogP contribution in [0.25, 0.3) is 5.69 Å². The van der Waals surface area contributed by atoms with E-state index < -0.39 is 40.8 Å². The van der Waals surface area contributed by atoms with Gasteiger partial charge >= 0.3 is 12.4 Å². The zero-order valence-corrected chi connectivity index (χ0v) is 18.5. The third kappa shape index (κ3) is 5.67. The smallest absolute Gasteiger partial charge is 0.348 e. The fourth-order valence-electron chi connectivity index (χ4n) is 4.13. The van der Waals surface area contributed by atoms with Gasteiger partial charge in [0.25, 0.3) is 5.91 Å². The van der Waals surface area contributed by atoms with Crippen molar-refractivity contribution in [2.24, 2.45) is 0 Å². The SMILES string of the molecule is O=C(NCc1ccccc1CN1CCCC1)c1cnn(-c2cccc(C(F)(F)F)c2)c1C(F)(F)F. The number of alkyl halides is 6. The van der Waals surface area contributed by atoms with E-state index in [0.29, 0.717) is 23.5 Å². The van der Waals surface area contributed by atoms with Gasteiger partial charge in [0.15, 0.2) is 5.69 Å². The first-order valence-corrected chi connectivity index (χ1v) is 10.9. The van der Waals surface area contributed by atoms with E-state index in [1.54, 1.807) is 12.1 Å². The number of carbonyl (C=O) groups is 1. The molecule has 11 heteroatoms. The highest BCUT2D eigenvalue weighted by molar-refractivity contribution is 5.95. The lowest BCUT2D eigenvalue weighted by Gasteiger charge is -2.18. The molecule has 1 N–H and O–H groups in total. The van der Waals surface area contributed by atoms with Gasteiger partial charge in [-0.1, -0.05) is 30.3 Å². The summed E-state index contributed by atoms with van der Waals surface area (Å²) in [6.45, 7) is 2.59. The molecule has 3 aromatic rings. The summed E-state index contributed by atoms with van der Waals surface area (Å²) in [7, 11) is 0. The predicted octanol–water partition coefficient (Wildman–Crippen LogP) is 5.44. The van der Waals surface area contributed by atoms with Crippen LogP contribution in [0.2, 0.25) is 0 Å². The van der Waals surface area contributed by atoms with Crippen LogP contribution in [0.4, 0.5) is 26.3 Å². The Hall–Kier alpha value is -3.34. The third-order valence-electron chi connectivity index (χ3n) is 5.85. The molecule has 5 nitrogen and oxygen atoms in total. The Morgan fingerprint density at radius 2 is 1.60 bits per heavy atom. The Morgan fingerprint density at radius 3 is 2.26 bits per heavy atom. The Balaban J connectivity index is 1.58. The number of hydrogen-bond acceptors (Lipinski definition) is 3. The van der Waals surface area contributed by atoms with Crippen molar-refractivity contribution >= 4 is 5.91 Å². The molecule has 0 aliphatic carbocycles. The van der Waals surface area contributed by atoms with Gasteiger partial charge in [0.2, 0.25) is 0 Å². The van der Waals surface area contributed by atoms with Crippen molar-refractivity contribution < 1.29 is 31.1 Å². The quantitative estimate of drug-likeness (QED) is 0.463. The number of halogens is 6. The molecule has 0 atom stereocenters. The van der Waals surface area contributed by atoms with E-state index in [-0.39, 0.29) is 6.54 Å². The van der Waals surface area contributed by atoms with Crippen LogP contribution in [0.3, 0.4) is 0 Å². The van der Waals surface area contributed by atoms with Crippen LogP contribution in [-0.2, 0) is 25.4 Å². The van der Waals surface area contributed by atoms with Gasteiger partial charge in [-0.25, -0.2) is 4.68 Å². The third-order valence-corrected chi connectivity index (χ3v) is 5.85. The van der Waals surface area contributed by atoms with Crippen molar-refractivity contribution in [1.82, 2.24) is 20.0 Å². The Morgan fingerprint density at radius 1 is 0.914 bits per heavy atom. The molecule has 0 unspecified atom stereocenters. The zero-order valence-electron chi connectivity index (χ0n) is 18.5. The molecule has 2 aromatic carbocycles. The fraction of sp³-hybridized carbons (Fsp3) is 0.333. The Labute approximate surface area is 197 Å². The lowest BCUT2D eigenvalue weighted by atomic mass is 10.1. The molecular formula is C24H22F6N4O. The van der Waals surface area contributed by atoms with Gasteiger partial charge in [0.05, 0.1) is 23.0 Å². The van der Waals surface area contributed by atoms with E-state index >= 15 is 0 Å². The molecule has 1 fully saturated rings. The number of nitrogens with zero attached hydrogens (tertiary/aromatic N) is 3. The molecule has 1 amide bonds. The number of benzene rings is 2. The van der Waals surface area contributed by atoms with Crippen molar-refractivity contribution in [1.29, 1.82) is 0 Å². The van der Waals surface area contributed by atoms with E-state index in [1.165, 1.54) is 0 Å². The first kappa shape index (κ1) is 24.8. The van der Waals surface area contributed by atoms with Gasteiger partial charge in [-0.15, -0.1) is 0 Å². The summed E-state index contributed by atoms with van der Waals surface area (Å²) in [5, 5.41) is 6.10. The molecule has 0 radical (unpaired) electrons. The minimum atomic E-state index is -5.04. The average molecular weight is 496 g/mol. The number of amides is 1. The molecule has 186 valence electrons. The minimum absolute atomic E-state index is 0.00508. The van der Waals surface area contributed by atoms with Crippen LogP contribution < -0.4 is 5.32 Å². The lowest BCUT2D eigenvalue weighted by Crippen LogP contribution is -2.27. The van der Waals surface area contributed by atoms with Crippen molar-refractivity contribution in [3.63, 3.8) is 0 Å². The van der Waals surface area contributed by atoms with Crippen LogP contribution in [-0.4, -0.2) is 33.7 Å². The molecule has 35 heavy (non-hydrogen) atoms.